The van der Waals surface area contributed by atoms with Gasteiger partial charge in [-0.25, -0.2) is 8.42 Å². The van der Waals surface area contributed by atoms with E-state index in [0.717, 1.165) is 25.7 Å². The van der Waals surface area contributed by atoms with Crippen LogP contribution < -0.4 is 0 Å². The molecule has 100 valence electrons. The molecule has 0 bridgehead atoms. The minimum atomic E-state index is -3.38. The monoisotopic (exact) mass is 287 g/mol. The number of alkyl halides is 1. The summed E-state index contributed by atoms with van der Waals surface area (Å²) in [5.41, 5.74) is 0.684. The average Bonchev–Trinajstić information content (AvgIpc) is 2.68. The first-order valence-corrected chi connectivity index (χ1v) is 8.28. The highest BCUT2D eigenvalue weighted by molar-refractivity contribution is 7.89. The molecule has 3 nitrogen and oxygen atoms in total. The van der Waals surface area contributed by atoms with Crippen LogP contribution in [0.3, 0.4) is 0 Å². The summed E-state index contributed by atoms with van der Waals surface area (Å²) in [6, 6.07) is 7.00. The summed E-state index contributed by atoms with van der Waals surface area (Å²) >= 11 is 5.83. The van der Waals surface area contributed by atoms with E-state index in [1.807, 2.05) is 6.07 Å². The summed E-state index contributed by atoms with van der Waals surface area (Å²) in [5, 5.41) is 0. The van der Waals surface area contributed by atoms with Gasteiger partial charge >= 0.3 is 0 Å². The number of hydrogen-bond acceptors (Lipinski definition) is 2. The van der Waals surface area contributed by atoms with Crippen molar-refractivity contribution in [3.8, 4) is 0 Å². The van der Waals surface area contributed by atoms with Crippen LogP contribution in [0.5, 0.6) is 0 Å². The van der Waals surface area contributed by atoms with Crippen LogP contribution in [0.2, 0.25) is 0 Å². The van der Waals surface area contributed by atoms with Crippen molar-refractivity contribution in [3.63, 3.8) is 0 Å². The van der Waals surface area contributed by atoms with E-state index in [4.69, 9.17) is 11.6 Å². The van der Waals surface area contributed by atoms with E-state index in [9.17, 15) is 8.42 Å². The predicted octanol–water partition coefficient (Wildman–Crippen LogP) is 2.99. The number of nitrogens with zero attached hydrogens (tertiary/aromatic N) is 1. The zero-order valence-corrected chi connectivity index (χ0v) is 11.9. The van der Waals surface area contributed by atoms with Gasteiger partial charge in [0, 0.05) is 19.0 Å². The molecule has 0 spiro atoms. The van der Waals surface area contributed by atoms with Gasteiger partial charge in [-0.05, 0) is 24.5 Å². The first-order chi connectivity index (χ1) is 8.66. The molecule has 1 heterocycles. The minimum Gasteiger partial charge on any atom is -0.207 e. The van der Waals surface area contributed by atoms with Gasteiger partial charge in [0.05, 0.1) is 4.90 Å². The predicted molar refractivity (Wildman–Crippen MR) is 73.2 cm³/mol. The quantitative estimate of drug-likeness (QED) is 0.802. The van der Waals surface area contributed by atoms with Gasteiger partial charge in [0.1, 0.15) is 0 Å². The molecule has 0 radical (unpaired) electrons. The number of rotatable bonds is 3. The van der Waals surface area contributed by atoms with Crippen LogP contribution in [0.25, 0.3) is 0 Å². The lowest BCUT2D eigenvalue weighted by Crippen LogP contribution is -2.32. The largest absolute Gasteiger partial charge is 0.243 e. The molecule has 0 saturated carbocycles. The molecule has 0 unspecified atom stereocenters. The molecule has 1 aromatic rings. The SMILES string of the molecule is O=S(=O)(c1ccccc1CCl)N1CCCCCC1. The van der Waals surface area contributed by atoms with Crippen LogP contribution in [-0.2, 0) is 15.9 Å². The van der Waals surface area contributed by atoms with Gasteiger partial charge in [0.2, 0.25) is 10.0 Å². The van der Waals surface area contributed by atoms with Crippen molar-refractivity contribution in [3.05, 3.63) is 29.8 Å². The summed E-state index contributed by atoms with van der Waals surface area (Å²) in [6.07, 6.45) is 4.12. The second kappa shape index (κ2) is 6.04. The highest BCUT2D eigenvalue weighted by Crippen LogP contribution is 2.24. The summed E-state index contributed by atoms with van der Waals surface area (Å²) < 4.78 is 26.8. The second-order valence-corrected chi connectivity index (χ2v) is 6.73. The Kier molecular flexibility index (Phi) is 4.65. The minimum absolute atomic E-state index is 0.225. The smallest absolute Gasteiger partial charge is 0.207 e. The summed E-state index contributed by atoms with van der Waals surface area (Å²) in [7, 11) is -3.38. The van der Waals surface area contributed by atoms with Crippen LogP contribution in [0, 0.1) is 0 Å². The van der Waals surface area contributed by atoms with Crippen molar-refractivity contribution < 1.29 is 8.42 Å². The topological polar surface area (TPSA) is 37.4 Å². The van der Waals surface area contributed by atoms with E-state index in [0.29, 0.717) is 23.5 Å². The van der Waals surface area contributed by atoms with Crippen molar-refractivity contribution in [2.75, 3.05) is 13.1 Å². The van der Waals surface area contributed by atoms with Gasteiger partial charge in [0.25, 0.3) is 0 Å². The summed E-state index contributed by atoms with van der Waals surface area (Å²) in [5.74, 6) is 0.225. The first-order valence-electron chi connectivity index (χ1n) is 6.30. The molecular weight excluding hydrogens is 270 g/mol. The lowest BCUT2D eigenvalue weighted by molar-refractivity contribution is 0.423. The van der Waals surface area contributed by atoms with E-state index in [-0.39, 0.29) is 5.88 Å². The molecule has 1 fully saturated rings. The molecule has 1 aliphatic rings. The standard InChI is InChI=1S/C13H18ClNO2S/c14-11-12-7-3-4-8-13(12)18(16,17)15-9-5-1-2-6-10-15/h3-4,7-8H,1-2,5-6,9-11H2. The molecule has 0 N–H and O–H groups in total. The van der Waals surface area contributed by atoms with Crippen molar-refractivity contribution in [2.45, 2.75) is 36.5 Å². The molecule has 1 aliphatic heterocycles. The summed E-state index contributed by atoms with van der Waals surface area (Å²) in [4.78, 5) is 0.363. The maximum atomic E-state index is 12.6. The Bertz CT molecular complexity index is 493. The van der Waals surface area contributed by atoms with Crippen LogP contribution in [0.4, 0.5) is 0 Å². The van der Waals surface area contributed by atoms with Crippen LogP contribution >= 0.6 is 11.6 Å². The van der Waals surface area contributed by atoms with Crippen molar-refractivity contribution in [1.82, 2.24) is 4.31 Å². The lowest BCUT2D eigenvalue weighted by atomic mass is 10.2. The Morgan fingerprint density at radius 3 is 2.28 bits per heavy atom. The molecule has 0 amide bonds. The fourth-order valence-corrected chi connectivity index (χ4v) is 4.34. The first kappa shape index (κ1) is 13.8. The Morgan fingerprint density at radius 2 is 1.67 bits per heavy atom. The third-order valence-corrected chi connectivity index (χ3v) is 5.59. The van der Waals surface area contributed by atoms with Crippen molar-refractivity contribution in [1.29, 1.82) is 0 Å². The normalized spacial score (nSPS) is 18.5. The van der Waals surface area contributed by atoms with Gasteiger partial charge in [-0.2, -0.15) is 4.31 Å². The zero-order valence-electron chi connectivity index (χ0n) is 10.3. The second-order valence-electron chi connectivity index (χ2n) is 4.56. The average molecular weight is 288 g/mol. The number of benzene rings is 1. The van der Waals surface area contributed by atoms with Gasteiger partial charge in [-0.15, -0.1) is 11.6 Å². The number of sulfonamides is 1. The molecule has 0 aromatic heterocycles. The highest BCUT2D eigenvalue weighted by Gasteiger charge is 2.26. The molecule has 0 aliphatic carbocycles. The number of halogens is 1. The van der Waals surface area contributed by atoms with Crippen molar-refractivity contribution >= 4 is 21.6 Å². The van der Waals surface area contributed by atoms with Gasteiger partial charge in [-0.1, -0.05) is 31.0 Å². The van der Waals surface area contributed by atoms with Crippen LogP contribution in [0.15, 0.2) is 29.2 Å². The Morgan fingerprint density at radius 1 is 1.06 bits per heavy atom. The Balaban J connectivity index is 2.34. The highest BCUT2D eigenvalue weighted by atomic mass is 35.5. The summed E-state index contributed by atoms with van der Waals surface area (Å²) in [6.45, 7) is 1.25. The maximum Gasteiger partial charge on any atom is 0.243 e. The van der Waals surface area contributed by atoms with Gasteiger partial charge in [-0.3, -0.25) is 0 Å². The van der Waals surface area contributed by atoms with Crippen molar-refractivity contribution in [2.24, 2.45) is 0 Å². The number of hydrogen-bond donors (Lipinski definition) is 0. The lowest BCUT2D eigenvalue weighted by Gasteiger charge is -2.21. The fourth-order valence-electron chi connectivity index (χ4n) is 2.29. The molecule has 5 heteroatoms. The zero-order chi connectivity index (χ0) is 13.0. The molecule has 1 saturated heterocycles. The van der Waals surface area contributed by atoms with Gasteiger partial charge in [0.15, 0.2) is 0 Å². The molecule has 0 atom stereocenters. The van der Waals surface area contributed by atoms with Crippen LogP contribution in [0.1, 0.15) is 31.2 Å². The Labute approximate surface area is 114 Å². The fraction of sp³-hybridized carbons (Fsp3) is 0.538. The molecular formula is C13H18ClNO2S. The Hall–Kier alpha value is -0.580. The maximum absolute atomic E-state index is 12.6. The van der Waals surface area contributed by atoms with Gasteiger partial charge < -0.3 is 0 Å². The van der Waals surface area contributed by atoms with Crippen LogP contribution in [-0.4, -0.2) is 25.8 Å². The molecule has 1 aromatic carbocycles. The van der Waals surface area contributed by atoms with E-state index in [2.05, 4.69) is 0 Å². The molecule has 2 rings (SSSR count). The van der Waals surface area contributed by atoms with E-state index >= 15 is 0 Å². The van der Waals surface area contributed by atoms with E-state index in [1.165, 1.54) is 0 Å². The third-order valence-electron chi connectivity index (χ3n) is 3.30. The molecule has 18 heavy (non-hydrogen) atoms. The third kappa shape index (κ3) is 2.87. The van der Waals surface area contributed by atoms with E-state index in [1.54, 1.807) is 22.5 Å². The van der Waals surface area contributed by atoms with E-state index < -0.39 is 10.0 Å².